The molecule has 1 heterocycles. The fourth-order valence-electron chi connectivity index (χ4n) is 2.27. The fraction of sp³-hybridized carbons (Fsp3) is 0.133. The summed E-state index contributed by atoms with van der Waals surface area (Å²) in [5.41, 5.74) is 2.26. The summed E-state index contributed by atoms with van der Waals surface area (Å²) in [4.78, 5) is 13.7. The van der Waals surface area contributed by atoms with Crippen molar-refractivity contribution in [1.29, 1.82) is 0 Å². The lowest BCUT2D eigenvalue weighted by molar-refractivity contribution is -0.117. The van der Waals surface area contributed by atoms with Gasteiger partial charge < -0.3 is 10.2 Å². The SMILES string of the molecule is O=C1CNc2ccccc2N1Cc1cc(F)ccc1Cl. The van der Waals surface area contributed by atoms with Crippen LogP contribution in [0.4, 0.5) is 15.8 Å². The number of nitrogens with one attached hydrogen (secondary N) is 1. The van der Waals surface area contributed by atoms with E-state index >= 15 is 0 Å². The van der Waals surface area contributed by atoms with Gasteiger partial charge in [0.2, 0.25) is 5.91 Å². The number of fused-ring (bicyclic) bond motifs is 1. The van der Waals surface area contributed by atoms with Crippen molar-refractivity contribution < 1.29 is 9.18 Å². The number of hydrogen-bond donors (Lipinski definition) is 1. The molecule has 1 aliphatic heterocycles. The minimum atomic E-state index is -0.361. The van der Waals surface area contributed by atoms with Gasteiger partial charge in [-0.25, -0.2) is 4.39 Å². The third-order valence-corrected chi connectivity index (χ3v) is 3.63. The Morgan fingerprint density at radius 1 is 1.25 bits per heavy atom. The van der Waals surface area contributed by atoms with Crippen LogP contribution in [0.2, 0.25) is 5.02 Å². The second kappa shape index (κ2) is 5.13. The first kappa shape index (κ1) is 12.9. The quantitative estimate of drug-likeness (QED) is 0.919. The molecule has 0 fully saturated rings. The lowest BCUT2D eigenvalue weighted by Crippen LogP contribution is -2.39. The van der Waals surface area contributed by atoms with Crippen LogP contribution in [-0.2, 0) is 11.3 Å². The van der Waals surface area contributed by atoms with Crippen LogP contribution in [0.5, 0.6) is 0 Å². The van der Waals surface area contributed by atoms with E-state index in [4.69, 9.17) is 11.6 Å². The van der Waals surface area contributed by atoms with E-state index in [2.05, 4.69) is 5.32 Å². The number of benzene rings is 2. The smallest absolute Gasteiger partial charge is 0.246 e. The number of anilines is 2. The molecule has 0 spiro atoms. The zero-order chi connectivity index (χ0) is 14.1. The van der Waals surface area contributed by atoms with Gasteiger partial charge in [-0.15, -0.1) is 0 Å². The molecule has 0 bridgehead atoms. The topological polar surface area (TPSA) is 32.3 Å². The van der Waals surface area contributed by atoms with Crippen LogP contribution in [0.15, 0.2) is 42.5 Å². The number of nitrogens with zero attached hydrogens (tertiary/aromatic N) is 1. The summed E-state index contributed by atoms with van der Waals surface area (Å²) in [5, 5.41) is 3.51. The molecular formula is C15H12ClFN2O. The summed E-state index contributed by atoms with van der Waals surface area (Å²) < 4.78 is 13.3. The van der Waals surface area contributed by atoms with Gasteiger partial charge in [0.1, 0.15) is 5.82 Å². The Bertz CT molecular complexity index is 675. The van der Waals surface area contributed by atoms with Crippen molar-refractivity contribution in [3.05, 3.63) is 58.9 Å². The summed E-state index contributed by atoms with van der Waals surface area (Å²) >= 11 is 6.07. The number of para-hydroxylation sites is 2. The van der Waals surface area contributed by atoms with Gasteiger partial charge >= 0.3 is 0 Å². The van der Waals surface area contributed by atoms with Crippen molar-refractivity contribution >= 4 is 28.9 Å². The number of amides is 1. The summed E-state index contributed by atoms with van der Waals surface area (Å²) in [6, 6.07) is 11.7. The van der Waals surface area contributed by atoms with E-state index in [1.54, 1.807) is 4.90 Å². The molecule has 102 valence electrons. The van der Waals surface area contributed by atoms with Crippen molar-refractivity contribution in [2.24, 2.45) is 0 Å². The largest absolute Gasteiger partial charge is 0.374 e. The minimum Gasteiger partial charge on any atom is -0.374 e. The second-order valence-electron chi connectivity index (χ2n) is 4.59. The highest BCUT2D eigenvalue weighted by molar-refractivity contribution is 6.31. The average Bonchev–Trinajstić information content (AvgIpc) is 2.46. The molecule has 5 heteroatoms. The van der Waals surface area contributed by atoms with Crippen molar-refractivity contribution in [3.63, 3.8) is 0 Å². The van der Waals surface area contributed by atoms with Crippen molar-refractivity contribution in [3.8, 4) is 0 Å². The number of carbonyl (C=O) groups excluding carboxylic acids is 1. The first-order chi connectivity index (χ1) is 9.65. The normalized spacial score (nSPS) is 13.9. The molecule has 2 aromatic carbocycles. The summed E-state index contributed by atoms with van der Waals surface area (Å²) in [6.45, 7) is 0.484. The molecule has 1 amide bonds. The highest BCUT2D eigenvalue weighted by atomic mass is 35.5. The molecule has 0 saturated carbocycles. The van der Waals surface area contributed by atoms with E-state index in [-0.39, 0.29) is 24.8 Å². The van der Waals surface area contributed by atoms with Crippen LogP contribution >= 0.6 is 11.6 Å². The van der Waals surface area contributed by atoms with Crippen LogP contribution in [0.25, 0.3) is 0 Å². The Kier molecular flexibility index (Phi) is 3.32. The molecule has 20 heavy (non-hydrogen) atoms. The lowest BCUT2D eigenvalue weighted by atomic mass is 10.1. The number of carbonyl (C=O) groups is 1. The molecule has 3 rings (SSSR count). The van der Waals surface area contributed by atoms with Gasteiger partial charge in [-0.3, -0.25) is 4.79 Å². The lowest BCUT2D eigenvalue weighted by Gasteiger charge is -2.30. The number of rotatable bonds is 2. The molecule has 0 aliphatic carbocycles. The Hall–Kier alpha value is -2.07. The minimum absolute atomic E-state index is 0.0657. The third-order valence-electron chi connectivity index (χ3n) is 3.26. The molecular weight excluding hydrogens is 279 g/mol. The predicted octanol–water partition coefficient (Wildman–Crippen LogP) is 3.44. The van der Waals surface area contributed by atoms with Gasteiger partial charge in [-0.2, -0.15) is 0 Å². The maximum Gasteiger partial charge on any atom is 0.246 e. The Balaban J connectivity index is 1.97. The fourth-order valence-corrected chi connectivity index (χ4v) is 2.44. The maximum absolute atomic E-state index is 13.3. The van der Waals surface area contributed by atoms with Crippen LogP contribution in [0.3, 0.4) is 0 Å². The Morgan fingerprint density at radius 3 is 2.90 bits per heavy atom. The van der Waals surface area contributed by atoms with Crippen molar-refractivity contribution in [2.45, 2.75) is 6.54 Å². The summed E-state index contributed by atoms with van der Waals surface area (Å²) in [6.07, 6.45) is 0. The van der Waals surface area contributed by atoms with Gasteiger partial charge in [0, 0.05) is 5.02 Å². The van der Waals surface area contributed by atoms with Gasteiger partial charge in [0.15, 0.2) is 0 Å². The molecule has 0 radical (unpaired) electrons. The van der Waals surface area contributed by atoms with Gasteiger partial charge in [0.25, 0.3) is 0 Å². The van der Waals surface area contributed by atoms with E-state index in [0.29, 0.717) is 10.6 Å². The molecule has 0 unspecified atom stereocenters. The van der Waals surface area contributed by atoms with E-state index in [1.165, 1.54) is 18.2 Å². The van der Waals surface area contributed by atoms with E-state index in [0.717, 1.165) is 11.4 Å². The Labute approximate surface area is 121 Å². The number of hydrogen-bond acceptors (Lipinski definition) is 2. The van der Waals surface area contributed by atoms with Crippen LogP contribution in [0, 0.1) is 5.82 Å². The van der Waals surface area contributed by atoms with E-state index < -0.39 is 0 Å². The van der Waals surface area contributed by atoms with Crippen LogP contribution in [-0.4, -0.2) is 12.5 Å². The predicted molar refractivity (Wildman–Crippen MR) is 77.5 cm³/mol. The molecule has 3 nitrogen and oxygen atoms in total. The molecule has 1 N–H and O–H groups in total. The highest BCUT2D eigenvalue weighted by Gasteiger charge is 2.24. The van der Waals surface area contributed by atoms with Gasteiger partial charge in [0.05, 0.1) is 24.5 Å². The van der Waals surface area contributed by atoms with Crippen LogP contribution in [0.1, 0.15) is 5.56 Å². The molecule has 2 aromatic rings. The molecule has 0 atom stereocenters. The van der Waals surface area contributed by atoms with Gasteiger partial charge in [-0.05, 0) is 35.9 Å². The van der Waals surface area contributed by atoms with Gasteiger partial charge in [-0.1, -0.05) is 23.7 Å². The monoisotopic (exact) mass is 290 g/mol. The standard InChI is InChI=1S/C15H12ClFN2O/c16-12-6-5-11(17)7-10(12)9-19-14-4-2-1-3-13(14)18-8-15(19)20/h1-7,18H,8-9H2. The third kappa shape index (κ3) is 2.34. The highest BCUT2D eigenvalue weighted by Crippen LogP contribution is 2.31. The summed E-state index contributed by atoms with van der Waals surface area (Å²) in [7, 11) is 0. The number of halogens is 2. The Morgan fingerprint density at radius 2 is 2.05 bits per heavy atom. The summed E-state index contributed by atoms with van der Waals surface area (Å²) in [5.74, 6) is -0.427. The molecule has 0 saturated heterocycles. The van der Waals surface area contributed by atoms with Crippen LogP contribution < -0.4 is 10.2 Å². The average molecular weight is 291 g/mol. The zero-order valence-corrected chi connectivity index (χ0v) is 11.3. The van der Waals surface area contributed by atoms with E-state index in [1.807, 2.05) is 24.3 Å². The molecule has 1 aliphatic rings. The first-order valence-electron chi connectivity index (χ1n) is 6.22. The van der Waals surface area contributed by atoms with Crippen molar-refractivity contribution in [1.82, 2.24) is 0 Å². The van der Waals surface area contributed by atoms with E-state index in [9.17, 15) is 9.18 Å². The maximum atomic E-state index is 13.3. The van der Waals surface area contributed by atoms with Crippen molar-refractivity contribution in [2.75, 3.05) is 16.8 Å². The zero-order valence-electron chi connectivity index (χ0n) is 10.6. The first-order valence-corrected chi connectivity index (χ1v) is 6.60. The molecule has 0 aromatic heterocycles. The second-order valence-corrected chi connectivity index (χ2v) is 4.99.